The lowest BCUT2D eigenvalue weighted by Gasteiger charge is -2.08. The van der Waals surface area contributed by atoms with Crippen LogP contribution in [0.5, 0.6) is 11.5 Å². The minimum Gasteiger partial charge on any atom is -0.493 e. The number of aryl methyl sites for hydroxylation is 1. The number of carbonyl (C=O) groups is 1. The first-order valence-corrected chi connectivity index (χ1v) is 9.17. The summed E-state index contributed by atoms with van der Waals surface area (Å²) in [6.45, 7) is 0. The number of aromatic nitrogens is 1. The summed E-state index contributed by atoms with van der Waals surface area (Å²) in [6.07, 6.45) is 0.204. The first-order valence-electron chi connectivity index (χ1n) is 7.56. The Balaban J connectivity index is 1.91. The van der Waals surface area contributed by atoms with E-state index in [1.807, 2.05) is 35.9 Å². The van der Waals surface area contributed by atoms with Gasteiger partial charge in [0, 0.05) is 11.5 Å². The van der Waals surface area contributed by atoms with Crippen LogP contribution in [0.3, 0.4) is 0 Å². The van der Waals surface area contributed by atoms with Crippen LogP contribution in [0.25, 0.3) is 10.2 Å². The van der Waals surface area contributed by atoms with Crippen molar-refractivity contribution in [3.05, 3.63) is 51.2 Å². The minimum atomic E-state index is -0.203. The van der Waals surface area contributed by atoms with Crippen molar-refractivity contribution < 1.29 is 14.3 Å². The fraction of sp³-hybridized carbons (Fsp3) is 0.222. The number of methoxy groups -OCH3 is 2. The molecule has 0 spiro atoms. The van der Waals surface area contributed by atoms with E-state index in [4.69, 9.17) is 9.47 Å². The first kappa shape index (κ1) is 17.7. The maximum Gasteiger partial charge on any atom is 0.252 e. The third kappa shape index (κ3) is 3.62. The van der Waals surface area contributed by atoms with Crippen molar-refractivity contribution in [1.82, 2.24) is 4.57 Å². The number of para-hydroxylation sites is 1. The van der Waals surface area contributed by atoms with Gasteiger partial charge in [-0.25, -0.2) is 0 Å². The molecule has 3 aromatic rings. The molecule has 0 bridgehead atoms. The van der Waals surface area contributed by atoms with Crippen LogP contribution in [0.2, 0.25) is 0 Å². The van der Waals surface area contributed by atoms with Gasteiger partial charge in [0.25, 0.3) is 5.91 Å². The monoisotopic (exact) mass is 420 g/mol. The fourth-order valence-electron chi connectivity index (χ4n) is 2.58. The molecule has 130 valence electrons. The maximum atomic E-state index is 12.4. The molecule has 0 fully saturated rings. The van der Waals surface area contributed by atoms with Crippen LogP contribution in [-0.4, -0.2) is 24.7 Å². The zero-order valence-corrected chi connectivity index (χ0v) is 16.5. The molecule has 0 aliphatic heterocycles. The van der Waals surface area contributed by atoms with Gasteiger partial charge in [0.15, 0.2) is 16.3 Å². The molecule has 5 nitrogen and oxygen atoms in total. The molecule has 0 aliphatic rings. The van der Waals surface area contributed by atoms with Crippen molar-refractivity contribution in [2.45, 2.75) is 6.42 Å². The topological polar surface area (TPSA) is 52.8 Å². The molecule has 1 aromatic heterocycles. The number of nitrogens with zero attached hydrogens (tertiary/aromatic N) is 2. The normalized spacial score (nSPS) is 11.8. The van der Waals surface area contributed by atoms with E-state index in [2.05, 4.69) is 20.9 Å². The van der Waals surface area contributed by atoms with Crippen LogP contribution in [0.15, 0.2) is 45.9 Å². The van der Waals surface area contributed by atoms with Gasteiger partial charge in [-0.15, -0.1) is 0 Å². The smallest absolute Gasteiger partial charge is 0.252 e. The minimum absolute atomic E-state index is 0.203. The van der Waals surface area contributed by atoms with E-state index in [1.165, 1.54) is 11.3 Å². The van der Waals surface area contributed by atoms with Crippen molar-refractivity contribution in [3.63, 3.8) is 0 Å². The second kappa shape index (κ2) is 7.41. The summed E-state index contributed by atoms with van der Waals surface area (Å²) in [5.41, 5.74) is 1.86. The predicted molar refractivity (Wildman–Crippen MR) is 102 cm³/mol. The average molecular weight is 421 g/mol. The summed E-state index contributed by atoms with van der Waals surface area (Å²) >= 11 is 5.04. The number of hydrogen-bond donors (Lipinski definition) is 0. The lowest BCUT2D eigenvalue weighted by atomic mass is 10.1. The Morgan fingerprint density at radius 3 is 2.64 bits per heavy atom. The van der Waals surface area contributed by atoms with Gasteiger partial charge in [0.2, 0.25) is 0 Å². The van der Waals surface area contributed by atoms with Gasteiger partial charge in [-0.3, -0.25) is 4.79 Å². The van der Waals surface area contributed by atoms with Crippen LogP contribution in [0, 0.1) is 0 Å². The third-order valence-corrected chi connectivity index (χ3v) is 5.53. The zero-order chi connectivity index (χ0) is 18.0. The van der Waals surface area contributed by atoms with Gasteiger partial charge in [0.05, 0.1) is 30.9 Å². The molecule has 2 aromatic carbocycles. The Morgan fingerprint density at radius 2 is 1.96 bits per heavy atom. The molecule has 25 heavy (non-hydrogen) atoms. The third-order valence-electron chi connectivity index (χ3n) is 3.80. The highest BCUT2D eigenvalue weighted by atomic mass is 79.9. The van der Waals surface area contributed by atoms with Crippen LogP contribution >= 0.6 is 27.3 Å². The second-order valence-electron chi connectivity index (χ2n) is 5.40. The number of rotatable bonds is 4. The number of benzene rings is 2. The van der Waals surface area contributed by atoms with Gasteiger partial charge < -0.3 is 14.0 Å². The standard InChI is InChI=1S/C18H17BrN2O3S/c1-21-17-12(19)5-4-6-15(17)25-18(21)20-16(22)10-11-7-8-13(23-2)14(9-11)24-3/h4-9H,10H2,1-3H3. The molecule has 1 amide bonds. The quantitative estimate of drug-likeness (QED) is 0.646. The van der Waals surface area contributed by atoms with E-state index >= 15 is 0 Å². The van der Waals surface area contributed by atoms with E-state index in [9.17, 15) is 4.79 Å². The zero-order valence-electron chi connectivity index (χ0n) is 14.1. The second-order valence-corrected chi connectivity index (χ2v) is 7.27. The van der Waals surface area contributed by atoms with E-state index in [-0.39, 0.29) is 12.3 Å². The molecule has 0 saturated carbocycles. The number of halogens is 1. The number of ether oxygens (including phenoxy) is 2. The molecule has 0 radical (unpaired) electrons. The summed E-state index contributed by atoms with van der Waals surface area (Å²) in [4.78, 5) is 17.3. The molecular formula is C18H17BrN2O3S. The Labute approximate surface area is 157 Å². The molecule has 1 heterocycles. The Morgan fingerprint density at radius 1 is 1.20 bits per heavy atom. The largest absolute Gasteiger partial charge is 0.493 e. The molecule has 0 atom stereocenters. The molecule has 3 rings (SSSR count). The predicted octanol–water partition coefficient (Wildman–Crippen LogP) is 3.69. The number of carbonyl (C=O) groups excluding carboxylic acids is 1. The van der Waals surface area contributed by atoms with Crippen LogP contribution in [-0.2, 0) is 18.3 Å². The average Bonchev–Trinajstić information content (AvgIpc) is 2.91. The SMILES string of the molecule is COc1ccc(CC(=O)N=c2sc3cccc(Br)c3n2C)cc1OC. The lowest BCUT2D eigenvalue weighted by Crippen LogP contribution is -2.14. The number of hydrogen-bond acceptors (Lipinski definition) is 4. The van der Waals surface area contributed by atoms with E-state index < -0.39 is 0 Å². The van der Waals surface area contributed by atoms with Crippen LogP contribution in [0.1, 0.15) is 5.56 Å². The lowest BCUT2D eigenvalue weighted by molar-refractivity contribution is -0.117. The molecule has 7 heteroatoms. The highest BCUT2D eigenvalue weighted by Gasteiger charge is 2.10. The summed E-state index contributed by atoms with van der Waals surface area (Å²) < 4.78 is 14.5. The summed E-state index contributed by atoms with van der Waals surface area (Å²) in [7, 11) is 5.06. The van der Waals surface area contributed by atoms with E-state index in [0.717, 1.165) is 20.3 Å². The van der Waals surface area contributed by atoms with Crippen molar-refractivity contribution >= 4 is 43.4 Å². The summed E-state index contributed by atoms with van der Waals surface area (Å²) in [5.74, 6) is 1.03. The van der Waals surface area contributed by atoms with Crippen molar-refractivity contribution in [1.29, 1.82) is 0 Å². The Hall–Kier alpha value is -2.12. The highest BCUT2D eigenvalue weighted by molar-refractivity contribution is 9.10. The van der Waals surface area contributed by atoms with Gasteiger partial charge in [0.1, 0.15) is 0 Å². The summed E-state index contributed by atoms with van der Waals surface area (Å²) in [6, 6.07) is 11.4. The van der Waals surface area contributed by atoms with Crippen molar-refractivity contribution in [2.75, 3.05) is 14.2 Å². The fourth-order valence-corrected chi connectivity index (χ4v) is 4.40. The highest BCUT2D eigenvalue weighted by Crippen LogP contribution is 2.28. The molecule has 0 aliphatic carbocycles. The van der Waals surface area contributed by atoms with E-state index in [1.54, 1.807) is 26.4 Å². The van der Waals surface area contributed by atoms with Crippen LogP contribution < -0.4 is 14.3 Å². The summed E-state index contributed by atoms with van der Waals surface area (Å²) in [5, 5.41) is 0. The van der Waals surface area contributed by atoms with Crippen molar-refractivity contribution in [3.8, 4) is 11.5 Å². The van der Waals surface area contributed by atoms with Crippen LogP contribution in [0.4, 0.5) is 0 Å². The number of amides is 1. The van der Waals surface area contributed by atoms with Gasteiger partial charge in [-0.05, 0) is 45.8 Å². The van der Waals surface area contributed by atoms with Crippen molar-refractivity contribution in [2.24, 2.45) is 12.0 Å². The van der Waals surface area contributed by atoms with Gasteiger partial charge in [-0.1, -0.05) is 23.5 Å². The molecule has 0 N–H and O–H groups in total. The first-order chi connectivity index (χ1) is 12.0. The number of thiazole rings is 1. The molecular weight excluding hydrogens is 404 g/mol. The Bertz CT molecular complexity index is 1010. The maximum absolute atomic E-state index is 12.4. The van der Waals surface area contributed by atoms with E-state index in [0.29, 0.717) is 16.3 Å². The molecule has 0 saturated heterocycles. The number of fused-ring (bicyclic) bond motifs is 1. The molecule has 0 unspecified atom stereocenters. The van der Waals surface area contributed by atoms with Gasteiger partial charge in [-0.2, -0.15) is 4.99 Å². The Kier molecular flexibility index (Phi) is 5.24. The van der Waals surface area contributed by atoms with Gasteiger partial charge >= 0.3 is 0 Å².